The molecule has 0 spiro atoms. The number of amides is 1. The van der Waals surface area contributed by atoms with Gasteiger partial charge in [0.15, 0.2) is 16.7 Å². The molecule has 2 aromatic carbocycles. The number of methoxy groups -OCH3 is 2. The van der Waals surface area contributed by atoms with Gasteiger partial charge in [0, 0.05) is 11.0 Å². The number of phenols is 1. The van der Waals surface area contributed by atoms with Crippen molar-refractivity contribution in [2.75, 3.05) is 20.8 Å². The fraction of sp³-hybridized carbons (Fsp3) is 0.200. The van der Waals surface area contributed by atoms with E-state index in [2.05, 4.69) is 20.9 Å². The van der Waals surface area contributed by atoms with E-state index < -0.39 is 0 Å². The van der Waals surface area contributed by atoms with E-state index >= 15 is 0 Å². The predicted molar refractivity (Wildman–Crippen MR) is 115 cm³/mol. The number of nitrogens with zero attached hydrogens (tertiary/aromatic N) is 2. The first-order valence-electron chi connectivity index (χ1n) is 8.47. The van der Waals surface area contributed by atoms with Crippen molar-refractivity contribution >= 4 is 50.5 Å². The van der Waals surface area contributed by atoms with Gasteiger partial charge in [-0.25, -0.2) is 4.99 Å². The van der Waals surface area contributed by atoms with E-state index in [1.54, 1.807) is 30.2 Å². The molecule has 8 heteroatoms. The summed E-state index contributed by atoms with van der Waals surface area (Å²) in [5, 5.41) is 10.5. The van der Waals surface area contributed by atoms with Crippen LogP contribution < -0.4 is 9.47 Å². The van der Waals surface area contributed by atoms with Crippen molar-refractivity contribution in [3.63, 3.8) is 0 Å². The quantitative estimate of drug-likeness (QED) is 0.646. The molecule has 0 aromatic heterocycles. The molecular formula is C20H19BrN2O4S. The molecule has 28 heavy (non-hydrogen) atoms. The third-order valence-electron chi connectivity index (χ3n) is 4.09. The number of aliphatic imine (C=N–C) groups is 1. The number of ether oxygens (including phenoxy) is 2. The molecule has 146 valence electrons. The highest BCUT2D eigenvalue weighted by atomic mass is 79.9. The van der Waals surface area contributed by atoms with Crippen molar-refractivity contribution in [2.24, 2.45) is 4.99 Å². The molecule has 1 amide bonds. The van der Waals surface area contributed by atoms with Crippen LogP contribution in [0.1, 0.15) is 12.5 Å². The lowest BCUT2D eigenvalue weighted by atomic mass is 10.2. The van der Waals surface area contributed by atoms with Crippen molar-refractivity contribution < 1.29 is 19.4 Å². The summed E-state index contributed by atoms with van der Waals surface area (Å²) >= 11 is 4.73. The maximum absolute atomic E-state index is 12.8. The van der Waals surface area contributed by atoms with E-state index in [1.165, 1.54) is 18.9 Å². The predicted octanol–water partition coefficient (Wildman–Crippen LogP) is 4.80. The summed E-state index contributed by atoms with van der Waals surface area (Å²) in [6.45, 7) is 2.42. The number of likely N-dealkylation sites (N-methyl/N-ethyl adjacent to an activating group) is 1. The Morgan fingerprint density at radius 3 is 2.54 bits per heavy atom. The molecular weight excluding hydrogens is 444 g/mol. The minimum absolute atomic E-state index is 0.0267. The van der Waals surface area contributed by atoms with Gasteiger partial charge in [0.25, 0.3) is 5.91 Å². The Kier molecular flexibility index (Phi) is 6.31. The van der Waals surface area contributed by atoms with Crippen LogP contribution in [0.15, 0.2) is 50.8 Å². The van der Waals surface area contributed by atoms with Crippen molar-refractivity contribution in [2.45, 2.75) is 6.92 Å². The van der Waals surface area contributed by atoms with E-state index in [-0.39, 0.29) is 11.7 Å². The molecule has 1 heterocycles. The molecule has 0 radical (unpaired) electrons. The molecule has 0 atom stereocenters. The van der Waals surface area contributed by atoms with Crippen molar-refractivity contribution in [1.82, 2.24) is 4.90 Å². The smallest absolute Gasteiger partial charge is 0.266 e. The summed E-state index contributed by atoms with van der Waals surface area (Å²) in [6.07, 6.45) is 1.76. The number of thioether (sulfide) groups is 1. The Morgan fingerprint density at radius 1 is 1.21 bits per heavy atom. The molecule has 1 aliphatic rings. The molecule has 1 fully saturated rings. The minimum Gasteiger partial charge on any atom is -0.504 e. The lowest BCUT2D eigenvalue weighted by Crippen LogP contribution is -2.28. The second-order valence-electron chi connectivity index (χ2n) is 5.80. The number of hydrogen-bond donors (Lipinski definition) is 1. The van der Waals surface area contributed by atoms with E-state index in [1.807, 2.05) is 31.2 Å². The van der Waals surface area contributed by atoms with Gasteiger partial charge in [0.2, 0.25) is 0 Å². The molecule has 0 saturated carbocycles. The molecule has 6 nitrogen and oxygen atoms in total. The van der Waals surface area contributed by atoms with Gasteiger partial charge in [0.1, 0.15) is 5.75 Å². The van der Waals surface area contributed by atoms with E-state index in [4.69, 9.17) is 9.47 Å². The van der Waals surface area contributed by atoms with Crippen LogP contribution in [0.5, 0.6) is 17.2 Å². The second kappa shape index (κ2) is 8.70. The third-order valence-corrected chi connectivity index (χ3v) is 5.78. The van der Waals surface area contributed by atoms with Crippen molar-refractivity contribution in [3.05, 3.63) is 51.3 Å². The molecule has 3 rings (SSSR count). The van der Waals surface area contributed by atoms with Gasteiger partial charge in [-0.3, -0.25) is 9.69 Å². The summed E-state index contributed by atoms with van der Waals surface area (Å²) < 4.78 is 11.0. The first kappa shape index (κ1) is 20.3. The molecule has 0 bridgehead atoms. The lowest BCUT2D eigenvalue weighted by Gasteiger charge is -2.12. The van der Waals surface area contributed by atoms with Crippen molar-refractivity contribution in [1.29, 1.82) is 0 Å². The van der Waals surface area contributed by atoms with Crippen LogP contribution >= 0.6 is 27.7 Å². The van der Waals surface area contributed by atoms with Gasteiger partial charge in [-0.1, -0.05) is 15.9 Å². The van der Waals surface area contributed by atoms with Gasteiger partial charge in [0.05, 0.1) is 24.8 Å². The fourth-order valence-corrected chi connectivity index (χ4v) is 4.11. The Hall–Kier alpha value is -2.45. The van der Waals surface area contributed by atoms with Gasteiger partial charge < -0.3 is 14.6 Å². The van der Waals surface area contributed by atoms with Gasteiger partial charge in [-0.15, -0.1) is 0 Å². The number of carbonyl (C=O) groups excluding carboxylic acids is 1. The average Bonchev–Trinajstić information content (AvgIpc) is 2.98. The van der Waals surface area contributed by atoms with Crippen LogP contribution in [0.3, 0.4) is 0 Å². The highest BCUT2D eigenvalue weighted by Gasteiger charge is 2.32. The van der Waals surface area contributed by atoms with Crippen LogP contribution in [-0.4, -0.2) is 41.8 Å². The molecule has 2 aromatic rings. The third kappa shape index (κ3) is 4.18. The van der Waals surface area contributed by atoms with Crippen molar-refractivity contribution in [3.8, 4) is 17.2 Å². The zero-order valence-corrected chi connectivity index (χ0v) is 18.0. The molecule has 0 unspecified atom stereocenters. The normalized spacial score (nSPS) is 16.9. The van der Waals surface area contributed by atoms with Gasteiger partial charge in [-0.05, 0) is 66.7 Å². The maximum atomic E-state index is 12.8. The Labute approximate surface area is 176 Å². The first-order chi connectivity index (χ1) is 13.5. The monoisotopic (exact) mass is 462 g/mol. The fourth-order valence-electron chi connectivity index (χ4n) is 2.61. The Morgan fingerprint density at radius 2 is 1.93 bits per heavy atom. The largest absolute Gasteiger partial charge is 0.504 e. The molecule has 0 aliphatic carbocycles. The first-order valence-corrected chi connectivity index (χ1v) is 10.1. The average molecular weight is 463 g/mol. The summed E-state index contributed by atoms with van der Waals surface area (Å²) in [4.78, 5) is 19.6. The molecule has 1 aliphatic heterocycles. The molecule has 1 saturated heterocycles. The number of amidine groups is 1. The van der Waals surface area contributed by atoms with Crippen LogP contribution in [0, 0.1) is 0 Å². The summed E-state index contributed by atoms with van der Waals surface area (Å²) in [7, 11) is 3.09. The van der Waals surface area contributed by atoms with E-state index in [0.717, 1.165) is 17.0 Å². The maximum Gasteiger partial charge on any atom is 0.266 e. The highest BCUT2D eigenvalue weighted by molar-refractivity contribution is 9.10. The minimum atomic E-state index is -0.112. The number of aromatic hydroxyl groups is 1. The van der Waals surface area contributed by atoms with Crippen LogP contribution in [0.4, 0.5) is 5.69 Å². The van der Waals surface area contributed by atoms with Crippen LogP contribution in [-0.2, 0) is 4.79 Å². The van der Waals surface area contributed by atoms with E-state index in [0.29, 0.717) is 26.8 Å². The Bertz CT molecular complexity index is 957. The zero-order valence-electron chi connectivity index (χ0n) is 15.6. The summed E-state index contributed by atoms with van der Waals surface area (Å²) in [5.41, 5.74) is 1.47. The van der Waals surface area contributed by atoms with Crippen LogP contribution in [0.2, 0.25) is 0 Å². The highest BCUT2D eigenvalue weighted by Crippen LogP contribution is 2.38. The number of hydrogen-bond acceptors (Lipinski definition) is 6. The number of carbonyl (C=O) groups is 1. The van der Waals surface area contributed by atoms with Gasteiger partial charge in [-0.2, -0.15) is 0 Å². The number of phenolic OH excluding ortho intramolecular Hbond substituents is 1. The zero-order chi connectivity index (χ0) is 20.3. The SMILES string of the molecule is CCN1C(=O)C(=Cc2cc(OC)c(O)cc2Br)SC1=Nc1ccc(OC)cc1. The Balaban J connectivity index is 1.95. The van der Waals surface area contributed by atoms with Crippen LogP contribution in [0.25, 0.3) is 6.08 Å². The molecule has 1 N–H and O–H groups in total. The van der Waals surface area contributed by atoms with Gasteiger partial charge >= 0.3 is 0 Å². The lowest BCUT2D eigenvalue weighted by molar-refractivity contribution is -0.122. The number of halogens is 1. The number of rotatable bonds is 5. The van der Waals surface area contributed by atoms with E-state index in [9.17, 15) is 9.90 Å². The summed E-state index contributed by atoms with van der Waals surface area (Å²) in [5.74, 6) is 1.00. The second-order valence-corrected chi connectivity index (χ2v) is 7.66. The standard InChI is InChI=1S/C20H19BrN2O4S/c1-4-23-19(25)18(10-12-9-17(27-3)16(24)11-15(12)21)28-20(23)22-13-5-7-14(26-2)8-6-13/h5-11,24H,4H2,1-3H3. The topological polar surface area (TPSA) is 71.4 Å². The summed E-state index contributed by atoms with van der Waals surface area (Å²) in [6, 6.07) is 10.6. The number of benzene rings is 2.